The second-order valence-electron chi connectivity index (χ2n) is 5.25. The van der Waals surface area contributed by atoms with Gasteiger partial charge in [0.25, 0.3) is 0 Å². The van der Waals surface area contributed by atoms with Crippen molar-refractivity contribution in [2.45, 2.75) is 17.6 Å². The van der Waals surface area contributed by atoms with Crippen molar-refractivity contribution in [2.75, 3.05) is 32.4 Å². The highest BCUT2D eigenvalue weighted by Gasteiger charge is 2.27. The lowest BCUT2D eigenvalue weighted by Gasteiger charge is -2.17. The number of nitrogens with one attached hydrogen (secondary N) is 1. The smallest absolute Gasteiger partial charge is 0.398 e. The summed E-state index contributed by atoms with van der Waals surface area (Å²) in [6, 6.07) is 10.4. The maximum atomic E-state index is 12.5. The molecular weight excluding hydrogens is 367 g/mol. The molecule has 0 spiro atoms. The van der Waals surface area contributed by atoms with Crippen molar-refractivity contribution < 1.29 is 27.4 Å². The quantitative estimate of drug-likeness (QED) is 0.647. The summed E-state index contributed by atoms with van der Waals surface area (Å²) in [5.74, 6) is 0.578. The van der Waals surface area contributed by atoms with Gasteiger partial charge in [-0.25, -0.2) is 0 Å². The van der Waals surface area contributed by atoms with Crippen LogP contribution >= 0.6 is 11.8 Å². The molecule has 4 nitrogen and oxygen atoms in total. The van der Waals surface area contributed by atoms with E-state index >= 15 is 0 Å². The molecule has 0 aliphatic heterocycles. The Kier molecular flexibility index (Phi) is 6.90. The van der Waals surface area contributed by atoms with Crippen LogP contribution in [0, 0.1) is 0 Å². The normalized spacial score (nSPS) is 11.2. The van der Waals surface area contributed by atoms with Gasteiger partial charge in [0.05, 0.1) is 27.1 Å². The Hall–Kier alpha value is -2.22. The van der Waals surface area contributed by atoms with E-state index in [9.17, 15) is 13.2 Å². The van der Waals surface area contributed by atoms with Gasteiger partial charge in [0.1, 0.15) is 0 Å². The SMILES string of the molecule is COc1ccc(CNc2ccccc2SCC(F)(F)F)c(OC)c1OC. The van der Waals surface area contributed by atoms with Crippen LogP contribution in [0.2, 0.25) is 0 Å². The van der Waals surface area contributed by atoms with Crippen molar-refractivity contribution in [3.8, 4) is 17.2 Å². The van der Waals surface area contributed by atoms with Gasteiger partial charge < -0.3 is 19.5 Å². The second-order valence-corrected chi connectivity index (χ2v) is 6.26. The number of thioether (sulfide) groups is 1. The van der Waals surface area contributed by atoms with Gasteiger partial charge in [0.2, 0.25) is 5.75 Å². The van der Waals surface area contributed by atoms with E-state index in [2.05, 4.69) is 5.32 Å². The summed E-state index contributed by atoms with van der Waals surface area (Å²) in [5.41, 5.74) is 1.42. The average Bonchev–Trinajstić information content (AvgIpc) is 2.63. The van der Waals surface area contributed by atoms with Crippen molar-refractivity contribution in [1.29, 1.82) is 0 Å². The van der Waals surface area contributed by atoms with Gasteiger partial charge in [-0.2, -0.15) is 13.2 Å². The lowest BCUT2D eigenvalue weighted by Crippen LogP contribution is -2.11. The van der Waals surface area contributed by atoms with Crippen molar-refractivity contribution in [3.63, 3.8) is 0 Å². The average molecular weight is 387 g/mol. The molecule has 0 radical (unpaired) electrons. The lowest BCUT2D eigenvalue weighted by atomic mass is 10.1. The van der Waals surface area contributed by atoms with E-state index in [1.165, 1.54) is 21.3 Å². The molecule has 0 heterocycles. The third-order valence-electron chi connectivity index (χ3n) is 3.53. The van der Waals surface area contributed by atoms with E-state index in [0.29, 0.717) is 34.4 Å². The number of hydrogen-bond donors (Lipinski definition) is 1. The summed E-state index contributed by atoms with van der Waals surface area (Å²) in [6.45, 7) is 0.354. The van der Waals surface area contributed by atoms with Crippen LogP contribution < -0.4 is 19.5 Å². The Labute approximate surface area is 154 Å². The van der Waals surface area contributed by atoms with E-state index in [-0.39, 0.29) is 0 Å². The molecule has 0 saturated heterocycles. The molecule has 2 rings (SSSR count). The molecule has 0 aromatic heterocycles. The minimum Gasteiger partial charge on any atom is -0.493 e. The molecule has 8 heteroatoms. The molecule has 142 valence electrons. The molecule has 0 atom stereocenters. The van der Waals surface area contributed by atoms with E-state index in [1.807, 2.05) is 6.07 Å². The first-order valence-corrected chi connectivity index (χ1v) is 8.68. The molecule has 2 aromatic carbocycles. The third kappa shape index (κ3) is 5.14. The van der Waals surface area contributed by atoms with Crippen LogP contribution in [0.3, 0.4) is 0 Å². The molecule has 0 aliphatic rings. The van der Waals surface area contributed by atoms with Crippen LogP contribution in [-0.4, -0.2) is 33.3 Å². The van der Waals surface area contributed by atoms with Gasteiger partial charge in [-0.1, -0.05) is 12.1 Å². The van der Waals surface area contributed by atoms with Crippen LogP contribution in [0.1, 0.15) is 5.56 Å². The first-order chi connectivity index (χ1) is 12.4. The zero-order valence-corrected chi connectivity index (χ0v) is 15.5. The van der Waals surface area contributed by atoms with Crippen molar-refractivity contribution in [1.82, 2.24) is 0 Å². The molecule has 0 aliphatic carbocycles. The number of ether oxygens (including phenoxy) is 3. The van der Waals surface area contributed by atoms with E-state index in [4.69, 9.17) is 14.2 Å². The maximum Gasteiger partial charge on any atom is 0.398 e. The maximum absolute atomic E-state index is 12.5. The summed E-state index contributed by atoms with van der Waals surface area (Å²) < 4.78 is 53.5. The van der Waals surface area contributed by atoms with Crippen LogP contribution in [0.4, 0.5) is 18.9 Å². The topological polar surface area (TPSA) is 39.7 Å². The molecule has 26 heavy (non-hydrogen) atoms. The van der Waals surface area contributed by atoms with Gasteiger partial charge in [0, 0.05) is 22.7 Å². The highest BCUT2D eigenvalue weighted by molar-refractivity contribution is 7.99. The number of benzene rings is 2. The Morgan fingerprint density at radius 2 is 1.62 bits per heavy atom. The fraction of sp³-hybridized carbons (Fsp3) is 0.333. The molecule has 0 bridgehead atoms. The minimum absolute atomic E-state index is 0.354. The predicted octanol–water partition coefficient (Wildman–Crippen LogP) is 4.98. The lowest BCUT2D eigenvalue weighted by molar-refractivity contribution is -0.105. The van der Waals surface area contributed by atoms with Gasteiger partial charge in [-0.3, -0.25) is 0 Å². The zero-order chi connectivity index (χ0) is 19.2. The Balaban J connectivity index is 2.19. The van der Waals surface area contributed by atoms with Gasteiger partial charge >= 0.3 is 6.18 Å². The predicted molar refractivity (Wildman–Crippen MR) is 96.6 cm³/mol. The Morgan fingerprint density at radius 3 is 2.23 bits per heavy atom. The Morgan fingerprint density at radius 1 is 0.923 bits per heavy atom. The zero-order valence-electron chi connectivity index (χ0n) is 14.6. The molecule has 0 unspecified atom stereocenters. The number of halogens is 3. The monoisotopic (exact) mass is 387 g/mol. The van der Waals surface area contributed by atoms with Gasteiger partial charge in [-0.15, -0.1) is 11.8 Å². The van der Waals surface area contributed by atoms with Crippen molar-refractivity contribution in [2.24, 2.45) is 0 Å². The Bertz CT molecular complexity index is 738. The summed E-state index contributed by atoms with van der Waals surface area (Å²) in [5, 5.41) is 3.16. The number of methoxy groups -OCH3 is 3. The molecule has 0 fully saturated rings. The van der Waals surface area contributed by atoms with E-state index in [0.717, 1.165) is 17.3 Å². The first-order valence-electron chi connectivity index (χ1n) is 7.70. The number of hydrogen-bond acceptors (Lipinski definition) is 5. The minimum atomic E-state index is -4.22. The molecule has 0 saturated carbocycles. The largest absolute Gasteiger partial charge is 0.493 e. The van der Waals surface area contributed by atoms with Crippen LogP contribution in [0.15, 0.2) is 41.3 Å². The first kappa shape index (κ1) is 20.1. The molecule has 2 aromatic rings. The highest BCUT2D eigenvalue weighted by Crippen LogP contribution is 2.40. The van der Waals surface area contributed by atoms with E-state index in [1.54, 1.807) is 30.3 Å². The van der Waals surface area contributed by atoms with Crippen molar-refractivity contribution in [3.05, 3.63) is 42.0 Å². The third-order valence-corrected chi connectivity index (χ3v) is 4.67. The number of para-hydroxylation sites is 1. The highest BCUT2D eigenvalue weighted by atomic mass is 32.2. The summed E-state index contributed by atoms with van der Waals surface area (Å²) in [7, 11) is 4.57. The standard InChI is InChI=1S/C18H20F3NO3S/c1-23-14-9-8-12(16(24-2)17(14)25-3)10-22-13-6-4-5-7-15(13)26-11-18(19,20)21/h4-9,22H,10-11H2,1-3H3. The number of alkyl halides is 3. The van der Waals surface area contributed by atoms with E-state index < -0.39 is 11.9 Å². The molecule has 0 amide bonds. The second kappa shape index (κ2) is 8.93. The summed E-state index contributed by atoms with van der Waals surface area (Å²) in [6.07, 6.45) is -4.22. The number of rotatable bonds is 8. The van der Waals surface area contributed by atoms with Crippen LogP contribution in [0.5, 0.6) is 17.2 Å². The van der Waals surface area contributed by atoms with Crippen LogP contribution in [0.25, 0.3) is 0 Å². The fourth-order valence-corrected chi connectivity index (χ4v) is 3.18. The van der Waals surface area contributed by atoms with Crippen molar-refractivity contribution >= 4 is 17.4 Å². The van der Waals surface area contributed by atoms with Gasteiger partial charge in [0.15, 0.2) is 11.5 Å². The summed E-state index contributed by atoms with van der Waals surface area (Å²) in [4.78, 5) is 0.532. The number of anilines is 1. The summed E-state index contributed by atoms with van der Waals surface area (Å²) >= 11 is 0.749. The molecular formula is C18H20F3NO3S. The molecule has 1 N–H and O–H groups in total. The fourth-order valence-electron chi connectivity index (χ4n) is 2.39. The van der Waals surface area contributed by atoms with Crippen LogP contribution in [-0.2, 0) is 6.54 Å². The van der Waals surface area contributed by atoms with Gasteiger partial charge in [-0.05, 0) is 24.3 Å².